The monoisotopic (exact) mass is 612 g/mol. The van der Waals surface area contributed by atoms with Crippen molar-refractivity contribution in [3.8, 4) is 5.69 Å². The molecule has 0 radical (unpaired) electrons. The van der Waals surface area contributed by atoms with Crippen LogP contribution in [0.3, 0.4) is 0 Å². The molecule has 10 heteroatoms. The molecule has 0 saturated heterocycles. The maximum absolute atomic E-state index is 14.2. The Kier molecular flexibility index (Phi) is 10.3. The molecule has 0 aliphatic heterocycles. The minimum Gasteiger partial charge on any atom is -0.481 e. The van der Waals surface area contributed by atoms with Crippen LogP contribution in [0, 0.1) is 5.92 Å². The number of carbonyl (C=O) groups excluding carboxylic acids is 2. The van der Waals surface area contributed by atoms with Crippen molar-refractivity contribution in [3.63, 3.8) is 0 Å². The van der Waals surface area contributed by atoms with E-state index in [1.54, 1.807) is 53.1 Å². The average Bonchev–Trinajstić information content (AvgIpc) is 3.34. The Bertz CT molecular complexity index is 1600. The van der Waals surface area contributed by atoms with Crippen LogP contribution in [0.2, 0.25) is 5.02 Å². The number of hydrogen-bond donors (Lipinski definition) is 2. The standard InChI is InChI=1S/C33H32ClF3N2O4/c1-2-3-4-5-23(18-21-6-8-22(9-7-21)32(43)38-17-16-30(40)41)31(42)29-20-24-19-26(34)12-15-28(24)39(29)27-13-10-25(11-14-27)33(35,36)37/h6-15,19-20,23H,2-5,16-18H2,1H3,(H,38,43)(H,40,41). The van der Waals surface area contributed by atoms with Gasteiger partial charge in [-0.1, -0.05) is 49.9 Å². The Hall–Kier alpha value is -4.11. The third-order valence-corrected chi connectivity index (χ3v) is 7.55. The molecule has 0 aliphatic carbocycles. The minimum atomic E-state index is -4.48. The molecule has 1 amide bonds. The average molecular weight is 613 g/mol. The maximum Gasteiger partial charge on any atom is 0.416 e. The van der Waals surface area contributed by atoms with Gasteiger partial charge in [-0.2, -0.15) is 13.2 Å². The number of nitrogens with one attached hydrogen (secondary N) is 1. The Labute approximate surface area is 252 Å². The molecule has 226 valence electrons. The number of halogens is 4. The summed E-state index contributed by atoms with van der Waals surface area (Å²) in [5, 5.41) is 12.5. The number of ketones is 1. The highest BCUT2D eigenvalue weighted by Gasteiger charge is 2.31. The lowest BCUT2D eigenvalue weighted by Gasteiger charge is -2.19. The van der Waals surface area contributed by atoms with Gasteiger partial charge in [-0.25, -0.2) is 0 Å². The molecule has 1 unspecified atom stereocenters. The number of aliphatic carboxylic acids is 1. The molecule has 6 nitrogen and oxygen atoms in total. The van der Waals surface area contributed by atoms with Crippen LogP contribution in [0.15, 0.2) is 72.8 Å². The SMILES string of the molecule is CCCCCC(Cc1ccc(C(=O)NCCC(=O)O)cc1)C(=O)c1cc2cc(Cl)ccc2n1-c1ccc(C(F)(F)F)cc1. The van der Waals surface area contributed by atoms with Crippen LogP contribution in [0.25, 0.3) is 16.6 Å². The number of hydrogen-bond acceptors (Lipinski definition) is 3. The van der Waals surface area contributed by atoms with Crippen molar-refractivity contribution in [2.24, 2.45) is 5.92 Å². The van der Waals surface area contributed by atoms with E-state index in [-0.39, 0.29) is 24.7 Å². The predicted molar refractivity (Wildman–Crippen MR) is 160 cm³/mol. The fraction of sp³-hybridized carbons (Fsp3) is 0.303. The van der Waals surface area contributed by atoms with E-state index < -0.39 is 23.6 Å². The van der Waals surface area contributed by atoms with Crippen LogP contribution < -0.4 is 5.32 Å². The lowest BCUT2D eigenvalue weighted by molar-refractivity contribution is -0.138. The van der Waals surface area contributed by atoms with Crippen molar-refractivity contribution in [2.45, 2.75) is 51.6 Å². The van der Waals surface area contributed by atoms with Crippen LogP contribution in [0.1, 0.15) is 71.0 Å². The molecule has 0 saturated carbocycles. The van der Waals surface area contributed by atoms with Crippen LogP contribution in [0.4, 0.5) is 13.2 Å². The van der Waals surface area contributed by atoms with Gasteiger partial charge in [-0.3, -0.25) is 14.4 Å². The van der Waals surface area contributed by atoms with Gasteiger partial charge in [0.15, 0.2) is 5.78 Å². The quantitative estimate of drug-likeness (QED) is 0.118. The van der Waals surface area contributed by atoms with E-state index in [0.717, 1.165) is 37.0 Å². The molecular formula is C33H32ClF3N2O4. The number of carboxylic acid groups (broad SMARTS) is 1. The highest BCUT2D eigenvalue weighted by atomic mass is 35.5. The second kappa shape index (κ2) is 13.9. The van der Waals surface area contributed by atoms with Gasteiger partial charge >= 0.3 is 12.1 Å². The summed E-state index contributed by atoms with van der Waals surface area (Å²) in [7, 11) is 0. The van der Waals surface area contributed by atoms with Gasteiger partial charge in [0.2, 0.25) is 0 Å². The molecule has 0 spiro atoms. The van der Waals surface area contributed by atoms with Gasteiger partial charge in [-0.05, 0) is 79.1 Å². The van der Waals surface area contributed by atoms with E-state index >= 15 is 0 Å². The second-order valence-corrected chi connectivity index (χ2v) is 10.9. The molecule has 4 aromatic rings. The van der Waals surface area contributed by atoms with E-state index in [0.29, 0.717) is 45.7 Å². The van der Waals surface area contributed by atoms with Crippen molar-refractivity contribution < 1.29 is 32.7 Å². The van der Waals surface area contributed by atoms with E-state index in [1.165, 1.54) is 12.1 Å². The van der Waals surface area contributed by atoms with Gasteiger partial charge in [0.1, 0.15) is 0 Å². The summed E-state index contributed by atoms with van der Waals surface area (Å²) < 4.78 is 41.5. The molecule has 1 aromatic heterocycles. The number of rotatable bonds is 13. The Morgan fingerprint density at radius 1 is 0.953 bits per heavy atom. The van der Waals surface area contributed by atoms with Crippen LogP contribution in [-0.4, -0.2) is 33.9 Å². The lowest BCUT2D eigenvalue weighted by Crippen LogP contribution is -2.26. The zero-order valence-electron chi connectivity index (χ0n) is 23.6. The number of Topliss-reactive ketones (excluding diaryl/α,β-unsaturated/α-hetero) is 1. The summed E-state index contributed by atoms with van der Waals surface area (Å²) in [6, 6.07) is 18.4. The summed E-state index contributed by atoms with van der Waals surface area (Å²) >= 11 is 6.23. The molecule has 1 heterocycles. The first-order valence-electron chi connectivity index (χ1n) is 14.1. The van der Waals surface area contributed by atoms with Crippen molar-refractivity contribution >= 4 is 40.2 Å². The third-order valence-electron chi connectivity index (χ3n) is 7.32. The fourth-order valence-electron chi connectivity index (χ4n) is 5.08. The zero-order chi connectivity index (χ0) is 31.1. The van der Waals surface area contributed by atoms with E-state index in [9.17, 15) is 27.6 Å². The largest absolute Gasteiger partial charge is 0.481 e. The van der Waals surface area contributed by atoms with Crippen LogP contribution in [0.5, 0.6) is 0 Å². The molecule has 2 N–H and O–H groups in total. The number of benzene rings is 3. The molecule has 0 bridgehead atoms. The summed E-state index contributed by atoms with van der Waals surface area (Å²) in [4.78, 5) is 37.3. The number of alkyl halides is 3. The number of aromatic nitrogens is 1. The van der Waals surface area contributed by atoms with Crippen molar-refractivity contribution in [1.82, 2.24) is 9.88 Å². The summed E-state index contributed by atoms with van der Waals surface area (Å²) in [5.74, 6) is -1.95. The number of carbonyl (C=O) groups is 3. The first-order chi connectivity index (χ1) is 20.5. The fourth-order valence-corrected chi connectivity index (χ4v) is 5.26. The van der Waals surface area contributed by atoms with Crippen molar-refractivity contribution in [1.29, 1.82) is 0 Å². The molecule has 0 fully saturated rings. The zero-order valence-corrected chi connectivity index (χ0v) is 24.3. The van der Waals surface area contributed by atoms with Crippen molar-refractivity contribution in [3.05, 3.63) is 100 Å². The molecular weight excluding hydrogens is 581 g/mol. The second-order valence-electron chi connectivity index (χ2n) is 10.5. The Morgan fingerprint density at radius 2 is 1.65 bits per heavy atom. The molecule has 4 rings (SSSR count). The Morgan fingerprint density at radius 3 is 2.28 bits per heavy atom. The smallest absolute Gasteiger partial charge is 0.416 e. The first-order valence-corrected chi connectivity index (χ1v) is 14.5. The predicted octanol–water partition coefficient (Wildman–Crippen LogP) is 8.13. The normalized spacial score (nSPS) is 12.3. The molecule has 43 heavy (non-hydrogen) atoms. The van der Waals surface area contributed by atoms with E-state index in [4.69, 9.17) is 16.7 Å². The van der Waals surface area contributed by atoms with Crippen LogP contribution >= 0.6 is 11.6 Å². The number of unbranched alkanes of at least 4 members (excludes halogenated alkanes) is 2. The summed E-state index contributed by atoms with van der Waals surface area (Å²) in [6.45, 7) is 2.09. The number of fused-ring (bicyclic) bond motifs is 1. The van der Waals surface area contributed by atoms with Gasteiger partial charge in [0, 0.05) is 34.1 Å². The maximum atomic E-state index is 14.2. The highest BCUT2D eigenvalue weighted by Crippen LogP contribution is 2.33. The highest BCUT2D eigenvalue weighted by molar-refractivity contribution is 6.31. The Balaban J connectivity index is 1.66. The third kappa shape index (κ3) is 8.04. The first kappa shape index (κ1) is 31.8. The number of carboxylic acids is 1. The van der Waals surface area contributed by atoms with E-state index in [1.807, 2.05) is 0 Å². The minimum absolute atomic E-state index is 0.0159. The van der Waals surface area contributed by atoms with Gasteiger partial charge in [-0.15, -0.1) is 0 Å². The molecule has 0 aliphatic rings. The van der Waals surface area contributed by atoms with Gasteiger partial charge < -0.3 is 15.0 Å². The van der Waals surface area contributed by atoms with Crippen molar-refractivity contribution in [2.75, 3.05) is 6.54 Å². The number of nitrogens with zero attached hydrogens (tertiary/aromatic N) is 1. The number of amides is 1. The molecule has 3 aromatic carbocycles. The van der Waals surface area contributed by atoms with Gasteiger partial charge in [0.05, 0.1) is 23.2 Å². The van der Waals surface area contributed by atoms with Gasteiger partial charge in [0.25, 0.3) is 5.91 Å². The summed E-state index contributed by atoms with van der Waals surface area (Å²) in [6.07, 6.45) is -0.918. The molecule has 1 atom stereocenters. The topological polar surface area (TPSA) is 88.4 Å². The lowest BCUT2D eigenvalue weighted by atomic mass is 9.88. The summed E-state index contributed by atoms with van der Waals surface area (Å²) in [5.41, 5.74) is 1.88. The van der Waals surface area contributed by atoms with E-state index in [2.05, 4.69) is 12.2 Å². The van der Waals surface area contributed by atoms with Crippen LogP contribution in [-0.2, 0) is 17.4 Å².